The molecule has 2 atom stereocenters. The highest BCUT2D eigenvalue weighted by Gasteiger charge is 2.54. The molecule has 15 heteroatoms. The molecule has 0 aliphatic carbocycles. The topological polar surface area (TPSA) is 192 Å². The van der Waals surface area contributed by atoms with Gasteiger partial charge >= 0.3 is 5.97 Å². The van der Waals surface area contributed by atoms with Gasteiger partial charge in [0.05, 0.1) is 6.42 Å². The van der Waals surface area contributed by atoms with Crippen molar-refractivity contribution in [2.75, 3.05) is 11.5 Å². The number of carbonyl (C=O) groups excluding carboxylic acids is 3. The number of nitrogens with two attached hydrogens (primary N) is 1. The number of β-lactam (4-membered cyclic amide) rings is 1. The fraction of sp³-hybridized carbons (Fsp3) is 0.294. The van der Waals surface area contributed by atoms with E-state index < -0.39 is 35.1 Å². The SMILES string of the molecule is NC(=O)c1n[nH]nc1SCC1=C(C(=O)O)N2C(=O)C(NC(=O)Cc3ccsc3O)[C@@H]2SC1. The van der Waals surface area contributed by atoms with E-state index in [2.05, 4.69) is 20.7 Å². The highest BCUT2D eigenvalue weighted by atomic mass is 32.2. The lowest BCUT2D eigenvalue weighted by Gasteiger charge is -2.49. The highest BCUT2D eigenvalue weighted by molar-refractivity contribution is 8.01. The number of rotatable bonds is 8. The van der Waals surface area contributed by atoms with E-state index in [4.69, 9.17) is 5.73 Å². The summed E-state index contributed by atoms with van der Waals surface area (Å²) in [5.41, 5.74) is 5.98. The van der Waals surface area contributed by atoms with Gasteiger partial charge in [0.1, 0.15) is 17.1 Å². The molecule has 2 aromatic heterocycles. The summed E-state index contributed by atoms with van der Waals surface area (Å²) < 4.78 is 0. The minimum absolute atomic E-state index is 0.0404. The maximum Gasteiger partial charge on any atom is 0.352 e. The molecular weight excluding hydrogens is 480 g/mol. The predicted octanol–water partition coefficient (Wildman–Crippen LogP) is -0.256. The van der Waals surface area contributed by atoms with Gasteiger partial charge in [0.15, 0.2) is 15.8 Å². The summed E-state index contributed by atoms with van der Waals surface area (Å²) in [6, 6.07) is 0.770. The van der Waals surface area contributed by atoms with Gasteiger partial charge in [0.25, 0.3) is 11.8 Å². The molecule has 3 amide bonds. The number of hydrogen-bond acceptors (Lipinski definition) is 10. The number of aromatic hydroxyl groups is 1. The fourth-order valence-corrected chi connectivity index (χ4v) is 6.36. The maximum absolute atomic E-state index is 12.7. The Kier molecular flexibility index (Phi) is 6.12. The number of aromatic nitrogens is 3. The largest absolute Gasteiger partial charge is 0.499 e. The van der Waals surface area contributed by atoms with Crippen molar-refractivity contribution < 1.29 is 29.4 Å². The van der Waals surface area contributed by atoms with Crippen LogP contribution in [0, 0.1) is 0 Å². The smallest absolute Gasteiger partial charge is 0.352 e. The summed E-state index contributed by atoms with van der Waals surface area (Å²) in [5.74, 6) is -2.52. The first-order valence-electron chi connectivity index (χ1n) is 9.06. The van der Waals surface area contributed by atoms with Gasteiger partial charge in [-0.25, -0.2) is 4.79 Å². The standard InChI is InChI=1S/C17H16N6O6S3/c18-12(25)9-13(21-22-20-9)31-4-7-5-32-15-10(14(26)23(15)11(7)16(27)28)19-8(24)3-6-1-2-30-17(6)29/h1-2,10,15,29H,3-5H2,(H2,18,25)(H,19,24)(H,27,28)(H,20,21,22)/t10?,15-/m0/s1. The van der Waals surface area contributed by atoms with Crippen LogP contribution >= 0.6 is 34.9 Å². The van der Waals surface area contributed by atoms with Crippen molar-refractivity contribution in [1.82, 2.24) is 25.6 Å². The molecule has 2 aliphatic rings. The van der Waals surface area contributed by atoms with Gasteiger partial charge < -0.3 is 21.3 Å². The summed E-state index contributed by atoms with van der Waals surface area (Å²) in [6.07, 6.45) is -0.0834. The third-order valence-electron chi connectivity index (χ3n) is 4.77. The maximum atomic E-state index is 12.7. The third-order valence-corrected chi connectivity index (χ3v) is 7.92. The van der Waals surface area contributed by atoms with Gasteiger partial charge in [0.2, 0.25) is 5.91 Å². The van der Waals surface area contributed by atoms with Crippen LogP contribution in [0.15, 0.2) is 27.7 Å². The van der Waals surface area contributed by atoms with Crippen LogP contribution in [-0.4, -0.2) is 77.1 Å². The number of primary amides is 1. The number of fused-ring (bicyclic) bond motifs is 1. The number of carboxylic acids is 1. The van der Waals surface area contributed by atoms with Crippen LogP contribution in [0.4, 0.5) is 0 Å². The van der Waals surface area contributed by atoms with E-state index in [1.54, 1.807) is 11.4 Å². The van der Waals surface area contributed by atoms with Crippen molar-refractivity contribution in [3.63, 3.8) is 0 Å². The van der Waals surface area contributed by atoms with Crippen LogP contribution in [0.5, 0.6) is 5.06 Å². The second-order valence-corrected chi connectivity index (χ2v) is 9.73. The number of aliphatic carboxylic acids is 1. The van der Waals surface area contributed by atoms with Crippen molar-refractivity contribution in [2.24, 2.45) is 5.73 Å². The molecule has 12 nitrogen and oxygen atoms in total. The monoisotopic (exact) mass is 496 g/mol. The zero-order valence-corrected chi connectivity index (χ0v) is 18.6. The van der Waals surface area contributed by atoms with E-state index in [9.17, 15) is 29.4 Å². The number of nitrogens with one attached hydrogen (secondary N) is 2. The van der Waals surface area contributed by atoms with Gasteiger partial charge in [-0.3, -0.25) is 19.3 Å². The lowest BCUT2D eigenvalue weighted by atomic mass is 10.0. The lowest BCUT2D eigenvalue weighted by molar-refractivity contribution is -0.150. The van der Waals surface area contributed by atoms with Gasteiger partial charge in [-0.15, -0.1) is 33.3 Å². The molecule has 1 saturated heterocycles. The lowest BCUT2D eigenvalue weighted by Crippen LogP contribution is -2.70. The van der Waals surface area contributed by atoms with Crippen LogP contribution < -0.4 is 11.1 Å². The van der Waals surface area contributed by atoms with Crippen molar-refractivity contribution in [1.29, 1.82) is 0 Å². The number of carboxylic acid groups (broad SMARTS) is 1. The van der Waals surface area contributed by atoms with Gasteiger partial charge in [-0.1, -0.05) is 11.8 Å². The van der Waals surface area contributed by atoms with E-state index in [1.807, 2.05) is 0 Å². The summed E-state index contributed by atoms with van der Waals surface area (Å²) in [7, 11) is 0. The molecule has 0 radical (unpaired) electrons. The van der Waals surface area contributed by atoms with Crippen molar-refractivity contribution in [3.8, 4) is 5.06 Å². The first-order chi connectivity index (χ1) is 15.3. The van der Waals surface area contributed by atoms with Crippen LogP contribution in [-0.2, 0) is 20.8 Å². The molecule has 4 heterocycles. The molecule has 1 unspecified atom stereocenters. The molecule has 0 saturated carbocycles. The van der Waals surface area contributed by atoms with Crippen molar-refractivity contribution in [3.05, 3.63) is 34.0 Å². The molecule has 0 bridgehead atoms. The second-order valence-electron chi connectivity index (χ2n) is 6.77. The summed E-state index contributed by atoms with van der Waals surface area (Å²) in [6.45, 7) is 0. The second kappa shape index (κ2) is 8.84. The number of hydrogen-bond donors (Lipinski definition) is 5. The Hall–Kier alpha value is -3.04. The van der Waals surface area contributed by atoms with Crippen LogP contribution in [0.2, 0.25) is 0 Å². The molecular formula is C17H16N6O6S3. The molecule has 6 N–H and O–H groups in total. The Morgan fingerprint density at radius 2 is 2.16 bits per heavy atom. The number of nitrogens with zero attached hydrogens (tertiary/aromatic N) is 3. The normalized spacial score (nSPS) is 20.0. The molecule has 1 fully saturated rings. The number of thiophene rings is 1. The van der Waals surface area contributed by atoms with Gasteiger partial charge in [-0.05, 0) is 17.0 Å². The number of amides is 3. The molecule has 168 valence electrons. The van der Waals surface area contributed by atoms with Crippen molar-refractivity contribution >= 4 is 58.6 Å². The fourth-order valence-electron chi connectivity index (χ4n) is 3.29. The molecule has 4 rings (SSSR count). The first kappa shape index (κ1) is 22.2. The molecule has 0 aromatic carbocycles. The van der Waals surface area contributed by atoms with E-state index in [1.165, 1.54) is 11.8 Å². The van der Waals surface area contributed by atoms with E-state index in [0.29, 0.717) is 16.9 Å². The average molecular weight is 497 g/mol. The first-order valence-corrected chi connectivity index (χ1v) is 12.0. The van der Waals surface area contributed by atoms with Gasteiger partial charge in [0, 0.05) is 17.1 Å². The minimum atomic E-state index is -1.26. The molecule has 0 spiro atoms. The molecule has 2 aliphatic heterocycles. The summed E-state index contributed by atoms with van der Waals surface area (Å²) >= 11 is 3.51. The number of thioether (sulfide) groups is 2. The predicted molar refractivity (Wildman–Crippen MR) is 115 cm³/mol. The minimum Gasteiger partial charge on any atom is -0.499 e. The van der Waals surface area contributed by atoms with Gasteiger partial charge in [-0.2, -0.15) is 5.21 Å². The average Bonchev–Trinajstić information content (AvgIpc) is 3.38. The Morgan fingerprint density at radius 1 is 1.38 bits per heavy atom. The van der Waals surface area contributed by atoms with E-state index in [-0.39, 0.29) is 33.7 Å². The number of H-pyrrole nitrogens is 1. The molecule has 2 aromatic rings. The quantitative estimate of drug-likeness (QED) is 0.240. The summed E-state index contributed by atoms with van der Waals surface area (Å²) in [5, 5.41) is 33.2. The third kappa shape index (κ3) is 4.05. The number of aromatic amines is 1. The Morgan fingerprint density at radius 3 is 2.81 bits per heavy atom. The molecule has 32 heavy (non-hydrogen) atoms. The zero-order chi connectivity index (χ0) is 23.0. The Bertz CT molecular complexity index is 1140. The van der Waals surface area contributed by atoms with E-state index >= 15 is 0 Å². The van der Waals surface area contributed by atoms with E-state index in [0.717, 1.165) is 28.0 Å². The van der Waals surface area contributed by atoms with Crippen molar-refractivity contribution in [2.45, 2.75) is 22.9 Å². The number of carbonyl (C=O) groups is 4. The zero-order valence-electron chi connectivity index (χ0n) is 16.1. The highest BCUT2D eigenvalue weighted by Crippen LogP contribution is 2.41. The van der Waals surface area contributed by atoms with Crippen LogP contribution in [0.1, 0.15) is 16.1 Å². The Balaban J connectivity index is 1.45. The summed E-state index contributed by atoms with van der Waals surface area (Å²) in [4.78, 5) is 49.5. The Labute approximate surface area is 192 Å². The van der Waals surface area contributed by atoms with Crippen LogP contribution in [0.3, 0.4) is 0 Å². The van der Waals surface area contributed by atoms with Crippen LogP contribution in [0.25, 0.3) is 0 Å².